The van der Waals surface area contributed by atoms with Gasteiger partial charge in [-0.1, -0.05) is 187 Å². The van der Waals surface area contributed by atoms with Crippen molar-refractivity contribution in [3.05, 3.63) is 0 Å². The molecule has 218 valence electrons. The normalized spacial score (nSPS) is 11.5. The average Bonchev–Trinajstić information content (AvgIpc) is 2.89. The molecular weight excluding hydrogens is 436 g/mol. The van der Waals surface area contributed by atoms with Gasteiger partial charge in [0.15, 0.2) is 0 Å². The summed E-state index contributed by atoms with van der Waals surface area (Å²) in [6.45, 7) is 5.39. The molecule has 3 N–H and O–H groups in total. The van der Waals surface area contributed by atoms with E-state index in [4.69, 9.17) is 5.73 Å². The Labute approximate surface area is 230 Å². The lowest BCUT2D eigenvalue weighted by Crippen LogP contribution is -2.19. The molecule has 0 spiro atoms. The van der Waals surface area contributed by atoms with Crippen LogP contribution < -0.4 is 11.1 Å². The molecule has 0 unspecified atom stereocenters. The zero-order valence-electron chi connectivity index (χ0n) is 25.4. The molecule has 0 aliphatic carbocycles. The average molecular weight is 509 g/mol. The zero-order chi connectivity index (χ0) is 26.0. The lowest BCUT2D eigenvalue weighted by Gasteiger charge is -2.05. The van der Waals surface area contributed by atoms with Crippen molar-refractivity contribution in [3.8, 4) is 0 Å². The maximum atomic E-state index is 5.50. The Morgan fingerprint density at radius 2 is 0.528 bits per heavy atom. The van der Waals surface area contributed by atoms with Crippen LogP contribution in [0.4, 0.5) is 0 Å². The van der Waals surface area contributed by atoms with Gasteiger partial charge in [0.2, 0.25) is 0 Å². The fourth-order valence-corrected chi connectivity index (χ4v) is 5.45. The Hall–Kier alpha value is -0.0800. The van der Waals surface area contributed by atoms with Crippen LogP contribution in [0.5, 0.6) is 0 Å². The van der Waals surface area contributed by atoms with E-state index in [1.807, 2.05) is 0 Å². The van der Waals surface area contributed by atoms with Crippen LogP contribution in [0.15, 0.2) is 0 Å². The summed E-state index contributed by atoms with van der Waals surface area (Å²) in [4.78, 5) is 0. The predicted molar refractivity (Wildman–Crippen MR) is 166 cm³/mol. The molecular formula is C34H72N2. The van der Waals surface area contributed by atoms with E-state index in [9.17, 15) is 0 Å². The van der Waals surface area contributed by atoms with Crippen molar-refractivity contribution in [2.75, 3.05) is 19.6 Å². The maximum absolute atomic E-state index is 5.50. The minimum Gasteiger partial charge on any atom is -0.330 e. The highest BCUT2D eigenvalue weighted by atomic mass is 14.8. The second kappa shape index (κ2) is 34.9. The first-order chi connectivity index (χ1) is 17.9. The third-order valence-corrected chi connectivity index (χ3v) is 8.01. The molecule has 0 aromatic rings. The van der Waals surface area contributed by atoms with Crippen molar-refractivity contribution in [3.63, 3.8) is 0 Å². The fourth-order valence-electron chi connectivity index (χ4n) is 5.45. The van der Waals surface area contributed by atoms with Crippen LogP contribution >= 0.6 is 0 Å². The summed E-state index contributed by atoms with van der Waals surface area (Å²) in [6.07, 6.45) is 43.6. The van der Waals surface area contributed by atoms with Crippen molar-refractivity contribution < 1.29 is 0 Å². The molecule has 0 bridgehead atoms. The van der Waals surface area contributed by atoms with Gasteiger partial charge in [-0.25, -0.2) is 0 Å². The number of rotatable bonds is 33. The fraction of sp³-hybridized carbons (Fsp3) is 1.00. The van der Waals surface area contributed by atoms with Crippen LogP contribution in [0.1, 0.15) is 200 Å². The number of nitrogens with two attached hydrogens (primary N) is 1. The van der Waals surface area contributed by atoms with Gasteiger partial charge in [0.25, 0.3) is 0 Å². The molecule has 2 heteroatoms. The van der Waals surface area contributed by atoms with Crippen LogP contribution in [-0.4, -0.2) is 19.6 Å². The minimum atomic E-state index is 0.812. The highest BCUT2D eigenvalue weighted by Gasteiger charge is 1.97. The van der Waals surface area contributed by atoms with Crippen LogP contribution in [0.2, 0.25) is 0 Å². The number of hydrogen-bond acceptors (Lipinski definition) is 2. The summed E-state index contributed by atoms with van der Waals surface area (Å²) < 4.78 is 0. The quantitative estimate of drug-likeness (QED) is 0.0865. The molecule has 0 fully saturated rings. The van der Waals surface area contributed by atoms with Crippen molar-refractivity contribution >= 4 is 0 Å². The van der Waals surface area contributed by atoms with Gasteiger partial charge in [-0.05, 0) is 32.5 Å². The van der Waals surface area contributed by atoms with Gasteiger partial charge in [0.05, 0.1) is 0 Å². The van der Waals surface area contributed by atoms with Crippen molar-refractivity contribution in [1.82, 2.24) is 5.32 Å². The lowest BCUT2D eigenvalue weighted by molar-refractivity contribution is 0.512. The molecule has 0 rings (SSSR count). The molecule has 0 saturated carbocycles. The van der Waals surface area contributed by atoms with E-state index in [0.717, 1.165) is 19.5 Å². The second-order valence-corrected chi connectivity index (χ2v) is 11.8. The zero-order valence-corrected chi connectivity index (χ0v) is 25.4. The Kier molecular flexibility index (Phi) is 34.8. The van der Waals surface area contributed by atoms with Crippen molar-refractivity contribution in [2.45, 2.75) is 200 Å². The Morgan fingerprint density at radius 1 is 0.306 bits per heavy atom. The van der Waals surface area contributed by atoms with E-state index < -0.39 is 0 Å². The van der Waals surface area contributed by atoms with Crippen LogP contribution in [0, 0.1) is 0 Å². The molecule has 36 heavy (non-hydrogen) atoms. The van der Waals surface area contributed by atoms with Gasteiger partial charge in [0.1, 0.15) is 0 Å². The van der Waals surface area contributed by atoms with E-state index >= 15 is 0 Å². The summed E-state index contributed by atoms with van der Waals surface area (Å²) >= 11 is 0. The Bertz CT molecular complexity index is 323. The van der Waals surface area contributed by atoms with Crippen LogP contribution in [0.3, 0.4) is 0 Å². The monoisotopic (exact) mass is 509 g/mol. The first-order valence-electron chi connectivity index (χ1n) is 17.3. The molecule has 0 aliphatic rings. The van der Waals surface area contributed by atoms with Gasteiger partial charge in [-0.2, -0.15) is 0 Å². The van der Waals surface area contributed by atoms with Gasteiger partial charge in [-0.15, -0.1) is 0 Å². The number of unbranched alkanes of at least 4 members (excludes halogenated alkanes) is 28. The molecule has 0 aliphatic heterocycles. The van der Waals surface area contributed by atoms with E-state index in [1.54, 1.807) is 0 Å². The SMILES string of the molecule is CCCCCCCCCCCCCCCCCCCCCCCCCCCCCCCNCCCN. The summed E-state index contributed by atoms with van der Waals surface area (Å²) in [5, 5.41) is 3.48. The minimum absolute atomic E-state index is 0.812. The molecule has 0 aromatic heterocycles. The number of hydrogen-bond donors (Lipinski definition) is 2. The topological polar surface area (TPSA) is 38.0 Å². The molecule has 0 amide bonds. The predicted octanol–water partition coefficient (Wildman–Crippen LogP) is 11.3. The standard InChI is InChI=1S/C34H72N2/c1-2-3-4-5-6-7-8-9-10-11-12-13-14-15-16-17-18-19-20-21-22-23-24-25-26-27-28-29-30-33-36-34-31-32-35/h36H,2-35H2,1H3. The van der Waals surface area contributed by atoms with E-state index in [1.165, 1.54) is 193 Å². The second-order valence-electron chi connectivity index (χ2n) is 11.8. The summed E-state index contributed by atoms with van der Waals surface area (Å²) in [6, 6.07) is 0. The molecule has 0 saturated heterocycles. The highest BCUT2D eigenvalue weighted by molar-refractivity contribution is 4.53. The van der Waals surface area contributed by atoms with E-state index in [2.05, 4.69) is 12.2 Å². The Balaban J connectivity index is 3.00. The third kappa shape index (κ3) is 33.9. The van der Waals surface area contributed by atoms with Gasteiger partial charge in [-0.3, -0.25) is 0 Å². The lowest BCUT2D eigenvalue weighted by atomic mass is 10.0. The first kappa shape index (κ1) is 35.9. The molecule has 0 atom stereocenters. The van der Waals surface area contributed by atoms with Crippen molar-refractivity contribution in [1.29, 1.82) is 0 Å². The smallest absolute Gasteiger partial charge is 0.00369 e. The van der Waals surface area contributed by atoms with Gasteiger partial charge >= 0.3 is 0 Å². The molecule has 0 aromatic carbocycles. The van der Waals surface area contributed by atoms with Crippen LogP contribution in [0.25, 0.3) is 0 Å². The molecule has 0 radical (unpaired) electrons. The van der Waals surface area contributed by atoms with Gasteiger partial charge < -0.3 is 11.1 Å². The van der Waals surface area contributed by atoms with E-state index in [-0.39, 0.29) is 0 Å². The first-order valence-corrected chi connectivity index (χ1v) is 17.3. The molecule has 2 nitrogen and oxygen atoms in total. The maximum Gasteiger partial charge on any atom is -0.00369 e. The Morgan fingerprint density at radius 3 is 0.778 bits per heavy atom. The number of nitrogens with one attached hydrogen (secondary N) is 1. The summed E-state index contributed by atoms with van der Waals surface area (Å²) in [5.41, 5.74) is 5.50. The molecule has 0 heterocycles. The van der Waals surface area contributed by atoms with Crippen LogP contribution in [-0.2, 0) is 0 Å². The van der Waals surface area contributed by atoms with Crippen molar-refractivity contribution in [2.24, 2.45) is 5.73 Å². The largest absolute Gasteiger partial charge is 0.330 e. The highest BCUT2D eigenvalue weighted by Crippen LogP contribution is 2.16. The summed E-state index contributed by atoms with van der Waals surface area (Å²) in [7, 11) is 0. The summed E-state index contributed by atoms with van der Waals surface area (Å²) in [5.74, 6) is 0. The third-order valence-electron chi connectivity index (χ3n) is 8.01. The van der Waals surface area contributed by atoms with Gasteiger partial charge in [0, 0.05) is 0 Å². The van der Waals surface area contributed by atoms with E-state index in [0.29, 0.717) is 0 Å².